The van der Waals surface area contributed by atoms with Crippen LogP contribution in [0.1, 0.15) is 12.5 Å². The third-order valence-electron chi connectivity index (χ3n) is 3.30. The van der Waals surface area contributed by atoms with Crippen molar-refractivity contribution in [2.24, 2.45) is 0 Å². The lowest BCUT2D eigenvalue weighted by Crippen LogP contribution is -2.16. The number of nitrogens with zero attached hydrogens (tertiary/aromatic N) is 3. The Kier molecular flexibility index (Phi) is 2.66. The first-order valence-corrected chi connectivity index (χ1v) is 6.20. The molecule has 0 bridgehead atoms. The Balaban J connectivity index is 1.92. The molecule has 1 aliphatic heterocycles. The molecule has 0 radical (unpaired) electrons. The van der Waals surface area contributed by atoms with E-state index in [1.165, 1.54) is 11.3 Å². The summed E-state index contributed by atoms with van der Waals surface area (Å²) in [7, 11) is 1.94. The molecule has 1 aromatic heterocycles. The zero-order valence-electron chi connectivity index (χ0n) is 10.6. The number of aromatic nitrogens is 2. The van der Waals surface area contributed by atoms with Gasteiger partial charge in [0.25, 0.3) is 11.8 Å². The van der Waals surface area contributed by atoms with Crippen molar-refractivity contribution >= 4 is 11.6 Å². The minimum atomic E-state index is 0.571. The van der Waals surface area contributed by atoms with Crippen molar-refractivity contribution in [2.75, 3.05) is 30.4 Å². The zero-order chi connectivity index (χ0) is 12.5. The largest absolute Gasteiger partial charge is 0.384 e. The summed E-state index contributed by atoms with van der Waals surface area (Å²) < 4.78 is 5.30. The van der Waals surface area contributed by atoms with Gasteiger partial charge in [-0.15, -0.1) is 0 Å². The highest BCUT2D eigenvalue weighted by atomic mass is 16.5. The highest BCUT2D eigenvalue weighted by Crippen LogP contribution is 2.28. The Bertz CT molecular complexity index is 564. The molecule has 5 nitrogen and oxygen atoms in total. The van der Waals surface area contributed by atoms with Gasteiger partial charge < -0.3 is 14.7 Å². The molecule has 0 fully saturated rings. The highest BCUT2D eigenvalue weighted by Gasteiger charge is 2.15. The number of hydrogen-bond acceptors (Lipinski definition) is 5. The van der Waals surface area contributed by atoms with Crippen LogP contribution in [0.3, 0.4) is 0 Å². The van der Waals surface area contributed by atoms with E-state index in [0.29, 0.717) is 11.8 Å². The van der Waals surface area contributed by atoms with E-state index in [0.717, 1.165) is 25.1 Å². The zero-order valence-corrected chi connectivity index (χ0v) is 10.6. The molecule has 94 valence electrons. The van der Waals surface area contributed by atoms with Crippen LogP contribution in [0, 0.1) is 0 Å². The first kappa shape index (κ1) is 11.1. The smallest absolute Gasteiger partial charge is 0.266 e. The van der Waals surface area contributed by atoms with Crippen molar-refractivity contribution in [1.29, 1.82) is 0 Å². The van der Waals surface area contributed by atoms with E-state index in [2.05, 4.69) is 34.5 Å². The molecule has 0 unspecified atom stereocenters. The number of hydrogen-bond donors (Lipinski definition) is 1. The molecule has 0 atom stereocenters. The van der Waals surface area contributed by atoms with Crippen LogP contribution >= 0.6 is 0 Å². The van der Waals surface area contributed by atoms with Gasteiger partial charge in [-0.2, -0.15) is 4.98 Å². The van der Waals surface area contributed by atoms with Gasteiger partial charge in [-0.3, -0.25) is 0 Å². The average molecular weight is 244 g/mol. The van der Waals surface area contributed by atoms with Crippen molar-refractivity contribution in [3.05, 3.63) is 23.8 Å². The number of fused-ring (bicyclic) bond motifs is 1. The van der Waals surface area contributed by atoms with Crippen LogP contribution in [0.4, 0.5) is 11.6 Å². The van der Waals surface area contributed by atoms with E-state index >= 15 is 0 Å². The second-order valence-corrected chi connectivity index (χ2v) is 4.46. The molecule has 2 aromatic rings. The lowest BCUT2D eigenvalue weighted by atomic mass is 10.1. The van der Waals surface area contributed by atoms with E-state index in [-0.39, 0.29) is 0 Å². The summed E-state index contributed by atoms with van der Waals surface area (Å²) >= 11 is 0. The average Bonchev–Trinajstić information content (AvgIpc) is 3.05. The Labute approximate surface area is 106 Å². The monoisotopic (exact) mass is 244 g/mol. The molecule has 3 rings (SSSR count). The molecule has 5 heteroatoms. The number of anilines is 2. The fourth-order valence-corrected chi connectivity index (χ4v) is 2.05. The van der Waals surface area contributed by atoms with Crippen molar-refractivity contribution in [2.45, 2.75) is 13.3 Å². The van der Waals surface area contributed by atoms with Gasteiger partial charge in [0.05, 0.1) is 0 Å². The maximum Gasteiger partial charge on any atom is 0.266 e. The molecule has 0 spiro atoms. The predicted molar refractivity (Wildman–Crippen MR) is 70.9 cm³/mol. The molecule has 0 saturated heterocycles. The second kappa shape index (κ2) is 4.33. The molecule has 1 aromatic carbocycles. The van der Waals surface area contributed by atoms with Gasteiger partial charge in [-0.05, 0) is 36.2 Å². The molecule has 2 heterocycles. The van der Waals surface area contributed by atoms with Crippen LogP contribution in [0.2, 0.25) is 0 Å². The standard InChI is InChI=1S/C13H16N4O/c1-3-17(2)13-15-12(18-16-13)10-5-4-9-6-7-14-11(9)8-10/h4-5,8,14H,3,6-7H2,1-2H3. The number of nitrogens with one attached hydrogen (secondary N) is 1. The normalized spacial score (nSPS) is 13.2. The molecular weight excluding hydrogens is 228 g/mol. The van der Waals surface area contributed by atoms with Gasteiger partial charge in [0.1, 0.15) is 0 Å². The molecule has 18 heavy (non-hydrogen) atoms. The van der Waals surface area contributed by atoms with Crippen molar-refractivity contribution in [1.82, 2.24) is 10.1 Å². The van der Waals surface area contributed by atoms with Crippen LogP contribution in [0.5, 0.6) is 0 Å². The fourth-order valence-electron chi connectivity index (χ4n) is 2.05. The van der Waals surface area contributed by atoms with Crippen LogP contribution < -0.4 is 10.2 Å². The Morgan fingerprint density at radius 2 is 2.33 bits per heavy atom. The van der Waals surface area contributed by atoms with E-state index in [1.807, 2.05) is 18.0 Å². The Morgan fingerprint density at radius 1 is 1.44 bits per heavy atom. The minimum Gasteiger partial charge on any atom is -0.384 e. The maximum absolute atomic E-state index is 5.30. The topological polar surface area (TPSA) is 54.2 Å². The van der Waals surface area contributed by atoms with E-state index in [9.17, 15) is 0 Å². The number of benzene rings is 1. The van der Waals surface area contributed by atoms with Gasteiger partial charge in [-0.25, -0.2) is 0 Å². The molecule has 1 N–H and O–H groups in total. The van der Waals surface area contributed by atoms with Gasteiger partial charge in [-0.1, -0.05) is 6.07 Å². The van der Waals surface area contributed by atoms with Gasteiger partial charge in [0.15, 0.2) is 0 Å². The minimum absolute atomic E-state index is 0.571. The SMILES string of the molecule is CCN(C)c1noc(-c2ccc3c(c2)NCC3)n1. The van der Waals surface area contributed by atoms with Crippen molar-refractivity contribution < 1.29 is 4.52 Å². The first-order valence-electron chi connectivity index (χ1n) is 6.20. The molecule has 0 amide bonds. The van der Waals surface area contributed by atoms with E-state index in [4.69, 9.17) is 4.52 Å². The summed E-state index contributed by atoms with van der Waals surface area (Å²) in [5.41, 5.74) is 3.49. The highest BCUT2D eigenvalue weighted by molar-refractivity contribution is 5.67. The third-order valence-corrected chi connectivity index (χ3v) is 3.30. The maximum atomic E-state index is 5.30. The van der Waals surface area contributed by atoms with E-state index in [1.54, 1.807) is 0 Å². The van der Waals surface area contributed by atoms with Crippen molar-refractivity contribution in [3.8, 4) is 11.5 Å². The molecule has 1 aliphatic rings. The van der Waals surface area contributed by atoms with Crippen LogP contribution in [-0.2, 0) is 6.42 Å². The van der Waals surface area contributed by atoms with Gasteiger partial charge in [0, 0.05) is 31.4 Å². The lowest BCUT2D eigenvalue weighted by molar-refractivity contribution is 0.430. The molecular formula is C13H16N4O. The first-order chi connectivity index (χ1) is 8.78. The summed E-state index contributed by atoms with van der Waals surface area (Å²) in [4.78, 5) is 6.34. The van der Waals surface area contributed by atoms with Gasteiger partial charge in [0.2, 0.25) is 0 Å². The van der Waals surface area contributed by atoms with Crippen LogP contribution in [0.15, 0.2) is 22.7 Å². The van der Waals surface area contributed by atoms with Crippen molar-refractivity contribution in [3.63, 3.8) is 0 Å². The Hall–Kier alpha value is -2.04. The number of rotatable bonds is 3. The summed E-state index contributed by atoms with van der Waals surface area (Å²) in [6.45, 7) is 3.91. The van der Waals surface area contributed by atoms with Crippen LogP contribution in [0.25, 0.3) is 11.5 Å². The van der Waals surface area contributed by atoms with Gasteiger partial charge >= 0.3 is 0 Å². The molecule has 0 aliphatic carbocycles. The summed E-state index contributed by atoms with van der Waals surface area (Å²) in [5, 5.41) is 7.33. The van der Waals surface area contributed by atoms with E-state index < -0.39 is 0 Å². The van der Waals surface area contributed by atoms with Crippen LogP contribution in [-0.4, -0.2) is 30.3 Å². The Morgan fingerprint density at radius 3 is 3.17 bits per heavy atom. The summed E-state index contributed by atoms with van der Waals surface area (Å²) in [6.07, 6.45) is 1.09. The predicted octanol–water partition coefficient (Wildman–Crippen LogP) is 2.16. The quantitative estimate of drug-likeness (QED) is 0.896. The molecule has 0 saturated carbocycles. The fraction of sp³-hybridized carbons (Fsp3) is 0.385. The summed E-state index contributed by atoms with van der Waals surface area (Å²) in [5.74, 6) is 1.20. The third kappa shape index (κ3) is 1.81. The summed E-state index contributed by atoms with van der Waals surface area (Å²) in [6, 6.07) is 6.23. The second-order valence-electron chi connectivity index (χ2n) is 4.46. The lowest BCUT2D eigenvalue weighted by Gasteiger charge is -2.08.